The van der Waals surface area contributed by atoms with Gasteiger partial charge >= 0.3 is 0 Å². The highest BCUT2D eigenvalue weighted by atomic mass is 32.2. The maximum Gasteiger partial charge on any atom is 0.192 e. The zero-order valence-corrected chi connectivity index (χ0v) is 21.0. The van der Waals surface area contributed by atoms with E-state index in [1.807, 2.05) is 42.5 Å². The number of carbonyl (C=O) groups is 1. The summed E-state index contributed by atoms with van der Waals surface area (Å²) in [6.45, 7) is 7.26. The van der Waals surface area contributed by atoms with Crippen molar-refractivity contribution < 1.29 is 4.79 Å². The Bertz CT molecular complexity index is 1460. The summed E-state index contributed by atoms with van der Waals surface area (Å²) in [4.78, 5) is 16.3. The Morgan fingerprint density at radius 1 is 0.914 bits per heavy atom. The minimum absolute atomic E-state index is 0.0674. The molecule has 0 unspecified atom stereocenters. The first-order valence-electron chi connectivity index (χ1n) is 11.7. The Hall–Kier alpha value is -3.64. The van der Waals surface area contributed by atoms with E-state index >= 15 is 0 Å². The maximum absolute atomic E-state index is 13.1. The summed E-state index contributed by atoms with van der Waals surface area (Å²) in [5.41, 5.74) is 5.20. The molecule has 0 aliphatic heterocycles. The number of para-hydroxylation sites is 1. The number of aromatic nitrogens is 4. The second kappa shape index (κ2) is 9.55. The number of hydrogen-bond acceptors (Lipinski definition) is 4. The van der Waals surface area contributed by atoms with E-state index in [1.54, 1.807) is 6.20 Å². The van der Waals surface area contributed by atoms with Crippen LogP contribution in [-0.2, 0) is 12.0 Å². The van der Waals surface area contributed by atoms with Crippen LogP contribution in [0.25, 0.3) is 22.3 Å². The number of rotatable bonds is 7. The predicted octanol–water partition coefficient (Wildman–Crippen LogP) is 6.75. The van der Waals surface area contributed by atoms with Crippen LogP contribution in [0, 0.1) is 0 Å². The third-order valence-electron chi connectivity index (χ3n) is 6.13. The van der Waals surface area contributed by atoms with E-state index in [0.29, 0.717) is 12.1 Å². The summed E-state index contributed by atoms with van der Waals surface area (Å²) >= 11 is 1.43. The molecule has 5 aromatic rings. The lowest BCUT2D eigenvalue weighted by Gasteiger charge is -2.19. The van der Waals surface area contributed by atoms with Crippen LogP contribution in [0.2, 0.25) is 0 Å². The van der Waals surface area contributed by atoms with Crippen LogP contribution in [0.5, 0.6) is 0 Å². The third-order valence-corrected chi connectivity index (χ3v) is 7.10. The molecule has 176 valence electrons. The van der Waals surface area contributed by atoms with Gasteiger partial charge in [0.15, 0.2) is 16.8 Å². The molecule has 6 heteroatoms. The lowest BCUT2D eigenvalue weighted by atomic mass is 9.87. The van der Waals surface area contributed by atoms with Crippen molar-refractivity contribution in [1.82, 2.24) is 19.7 Å². The second-order valence-corrected chi connectivity index (χ2v) is 10.6. The molecule has 0 bridgehead atoms. The zero-order valence-electron chi connectivity index (χ0n) is 20.2. The zero-order chi connectivity index (χ0) is 24.4. The summed E-state index contributed by atoms with van der Waals surface area (Å²) in [5.74, 6) is 1.16. The van der Waals surface area contributed by atoms with Crippen molar-refractivity contribution in [3.8, 4) is 11.4 Å². The number of aromatic amines is 1. The summed E-state index contributed by atoms with van der Waals surface area (Å²) < 4.78 is 2.11. The minimum Gasteiger partial charge on any atom is -0.360 e. The lowest BCUT2D eigenvalue weighted by molar-refractivity contribution is 0.102. The normalized spacial score (nSPS) is 11.7. The quantitative estimate of drug-likeness (QED) is 0.207. The summed E-state index contributed by atoms with van der Waals surface area (Å²) in [6, 6.07) is 26.7. The number of nitrogens with one attached hydrogen (secondary N) is 1. The van der Waals surface area contributed by atoms with Crippen molar-refractivity contribution in [2.45, 2.75) is 37.9 Å². The highest BCUT2D eigenvalue weighted by Crippen LogP contribution is 2.29. The number of carbonyl (C=O) groups excluding carboxylic acids is 1. The summed E-state index contributed by atoms with van der Waals surface area (Å²) in [5, 5.41) is 10.7. The molecule has 2 heterocycles. The van der Waals surface area contributed by atoms with E-state index < -0.39 is 0 Å². The molecule has 0 spiro atoms. The topological polar surface area (TPSA) is 63.6 Å². The molecular formula is C29H28N4OS. The SMILES string of the molecule is CC(C)(C)c1ccc(-c2nnc(SCC(=O)c3c[nH]c4ccccc34)n2Cc2ccccc2)cc1. The van der Waals surface area contributed by atoms with Crippen molar-refractivity contribution in [1.29, 1.82) is 0 Å². The number of ketones is 1. The average molecular weight is 481 g/mol. The second-order valence-electron chi connectivity index (χ2n) is 9.67. The van der Waals surface area contributed by atoms with Crippen molar-refractivity contribution in [3.05, 3.63) is 102 Å². The molecule has 0 saturated heterocycles. The monoisotopic (exact) mass is 480 g/mol. The summed E-state index contributed by atoms with van der Waals surface area (Å²) in [7, 11) is 0. The van der Waals surface area contributed by atoms with Crippen LogP contribution in [-0.4, -0.2) is 31.3 Å². The average Bonchev–Trinajstić information content (AvgIpc) is 3.47. The first-order chi connectivity index (χ1) is 16.9. The molecule has 0 saturated carbocycles. The number of nitrogens with zero attached hydrogens (tertiary/aromatic N) is 3. The van der Waals surface area contributed by atoms with Gasteiger partial charge in [0.1, 0.15) is 0 Å². The van der Waals surface area contributed by atoms with Gasteiger partial charge in [0.05, 0.1) is 12.3 Å². The largest absolute Gasteiger partial charge is 0.360 e. The van der Waals surface area contributed by atoms with E-state index in [4.69, 9.17) is 0 Å². The Labute approximate surface area is 209 Å². The fourth-order valence-electron chi connectivity index (χ4n) is 4.15. The van der Waals surface area contributed by atoms with E-state index in [9.17, 15) is 4.79 Å². The number of H-pyrrole nitrogens is 1. The molecule has 0 aliphatic rings. The van der Waals surface area contributed by atoms with Crippen LogP contribution < -0.4 is 0 Å². The van der Waals surface area contributed by atoms with Gasteiger partial charge in [-0.2, -0.15) is 0 Å². The van der Waals surface area contributed by atoms with Gasteiger partial charge in [-0.3, -0.25) is 9.36 Å². The Balaban J connectivity index is 1.44. The van der Waals surface area contributed by atoms with Gasteiger partial charge in [0, 0.05) is 28.2 Å². The molecule has 3 aromatic carbocycles. The molecule has 0 fully saturated rings. The van der Waals surface area contributed by atoms with Gasteiger partial charge in [0.25, 0.3) is 0 Å². The number of thioether (sulfide) groups is 1. The molecule has 5 nitrogen and oxygen atoms in total. The van der Waals surface area contributed by atoms with Gasteiger partial charge in [-0.15, -0.1) is 10.2 Å². The Morgan fingerprint density at radius 2 is 1.63 bits per heavy atom. The number of fused-ring (bicyclic) bond motifs is 1. The highest BCUT2D eigenvalue weighted by molar-refractivity contribution is 7.99. The molecule has 0 aliphatic carbocycles. The van der Waals surface area contributed by atoms with Crippen molar-refractivity contribution in [2.24, 2.45) is 0 Å². The fourth-order valence-corrected chi connectivity index (χ4v) is 4.97. The molecular weight excluding hydrogens is 452 g/mol. The van der Waals surface area contributed by atoms with E-state index in [1.165, 1.54) is 17.3 Å². The van der Waals surface area contributed by atoms with Crippen LogP contribution in [0.15, 0.2) is 90.2 Å². The molecule has 1 N–H and O–H groups in total. The number of hydrogen-bond donors (Lipinski definition) is 1. The standard InChI is InChI=1S/C29H28N4OS/c1-29(2,3)22-15-13-21(14-16-22)27-31-32-28(33(27)18-20-9-5-4-6-10-20)35-19-26(34)24-17-30-25-12-8-7-11-23(24)25/h4-17,30H,18-19H2,1-3H3. The minimum atomic E-state index is 0.0674. The number of Topliss-reactive ketones (excluding diaryl/α,β-unsaturated/α-hetero) is 1. The van der Waals surface area contributed by atoms with E-state index in [2.05, 4.69) is 76.9 Å². The molecule has 5 rings (SSSR count). The van der Waals surface area contributed by atoms with Crippen LogP contribution in [0.1, 0.15) is 42.3 Å². The molecule has 35 heavy (non-hydrogen) atoms. The first kappa shape index (κ1) is 23.1. The van der Waals surface area contributed by atoms with Gasteiger partial charge in [-0.25, -0.2) is 0 Å². The maximum atomic E-state index is 13.1. The van der Waals surface area contributed by atoms with Crippen molar-refractivity contribution in [2.75, 3.05) is 5.75 Å². The first-order valence-corrected chi connectivity index (χ1v) is 12.7. The van der Waals surface area contributed by atoms with Gasteiger partial charge in [0.2, 0.25) is 0 Å². The van der Waals surface area contributed by atoms with Crippen LogP contribution in [0.4, 0.5) is 0 Å². The number of benzene rings is 3. The van der Waals surface area contributed by atoms with Crippen LogP contribution in [0.3, 0.4) is 0 Å². The fraction of sp³-hybridized carbons (Fsp3) is 0.207. The Kier molecular flexibility index (Phi) is 6.31. The molecule has 0 amide bonds. The van der Waals surface area contributed by atoms with Crippen LogP contribution >= 0.6 is 11.8 Å². The van der Waals surface area contributed by atoms with Gasteiger partial charge < -0.3 is 4.98 Å². The Morgan fingerprint density at radius 3 is 2.37 bits per heavy atom. The summed E-state index contributed by atoms with van der Waals surface area (Å²) in [6.07, 6.45) is 1.80. The third kappa shape index (κ3) is 4.93. The smallest absolute Gasteiger partial charge is 0.192 e. The van der Waals surface area contributed by atoms with Crippen molar-refractivity contribution >= 4 is 28.4 Å². The highest BCUT2D eigenvalue weighted by Gasteiger charge is 2.19. The van der Waals surface area contributed by atoms with Gasteiger partial charge in [-0.1, -0.05) is 105 Å². The van der Waals surface area contributed by atoms with Crippen molar-refractivity contribution in [3.63, 3.8) is 0 Å². The van der Waals surface area contributed by atoms with Gasteiger partial charge in [-0.05, 0) is 22.6 Å². The molecule has 2 aromatic heterocycles. The van der Waals surface area contributed by atoms with E-state index in [0.717, 1.165) is 33.0 Å². The molecule has 0 atom stereocenters. The predicted molar refractivity (Wildman–Crippen MR) is 143 cm³/mol. The lowest BCUT2D eigenvalue weighted by Crippen LogP contribution is -2.10. The molecule has 0 radical (unpaired) electrons. The van der Waals surface area contributed by atoms with E-state index in [-0.39, 0.29) is 17.0 Å².